The Hall–Kier alpha value is -0.230. The first kappa shape index (κ1) is 11.8. The van der Waals surface area contributed by atoms with Crippen molar-refractivity contribution < 1.29 is 17.2 Å². The van der Waals surface area contributed by atoms with Crippen LogP contribution in [0.1, 0.15) is 19.3 Å². The summed E-state index contributed by atoms with van der Waals surface area (Å²) < 4.78 is 46.1. The van der Waals surface area contributed by atoms with Crippen LogP contribution in [0, 0.1) is 5.92 Å². The lowest BCUT2D eigenvalue weighted by molar-refractivity contribution is 0.174. The lowest BCUT2D eigenvalue weighted by Crippen LogP contribution is -2.22. The SMILES string of the molecule is N[C@@H]1CC[C@H](CS(=O)(=O)CC(F)F)C1. The molecule has 3 nitrogen and oxygen atoms in total. The number of alkyl halides is 2. The highest BCUT2D eigenvalue weighted by Gasteiger charge is 2.28. The molecule has 0 aliphatic heterocycles. The molecule has 1 rings (SSSR count). The van der Waals surface area contributed by atoms with Crippen molar-refractivity contribution in [2.75, 3.05) is 11.5 Å². The Bertz CT molecular complexity index is 279. The third kappa shape index (κ3) is 3.88. The maximum Gasteiger partial charge on any atom is 0.252 e. The van der Waals surface area contributed by atoms with Crippen molar-refractivity contribution in [3.8, 4) is 0 Å². The molecule has 0 saturated heterocycles. The monoisotopic (exact) mass is 227 g/mol. The number of sulfone groups is 1. The van der Waals surface area contributed by atoms with Crippen LogP contribution in [0.4, 0.5) is 8.78 Å². The van der Waals surface area contributed by atoms with Gasteiger partial charge in [-0.25, -0.2) is 17.2 Å². The van der Waals surface area contributed by atoms with Crippen molar-refractivity contribution in [2.24, 2.45) is 11.7 Å². The predicted molar refractivity (Wildman–Crippen MR) is 50.0 cm³/mol. The van der Waals surface area contributed by atoms with Gasteiger partial charge in [-0.3, -0.25) is 0 Å². The van der Waals surface area contributed by atoms with Crippen molar-refractivity contribution in [2.45, 2.75) is 31.7 Å². The number of hydrogen-bond acceptors (Lipinski definition) is 3. The Labute approximate surface area is 82.6 Å². The maximum absolute atomic E-state index is 11.9. The van der Waals surface area contributed by atoms with Gasteiger partial charge in [0.2, 0.25) is 0 Å². The average Bonchev–Trinajstić information content (AvgIpc) is 2.30. The third-order valence-corrected chi connectivity index (χ3v) is 4.19. The molecule has 0 unspecified atom stereocenters. The van der Waals surface area contributed by atoms with Crippen LogP contribution in [0.3, 0.4) is 0 Å². The number of halogens is 2. The highest BCUT2D eigenvalue weighted by Crippen LogP contribution is 2.25. The minimum absolute atomic E-state index is 0.0197. The molecule has 6 heteroatoms. The minimum atomic E-state index is -3.59. The van der Waals surface area contributed by atoms with Gasteiger partial charge in [-0.05, 0) is 25.2 Å². The zero-order chi connectivity index (χ0) is 10.8. The van der Waals surface area contributed by atoms with Crippen molar-refractivity contribution in [3.05, 3.63) is 0 Å². The van der Waals surface area contributed by atoms with Crippen LogP contribution in [0.5, 0.6) is 0 Å². The Kier molecular flexibility index (Phi) is 3.83. The second kappa shape index (κ2) is 4.53. The molecule has 1 aliphatic rings. The molecular formula is C8H15F2NO2S. The van der Waals surface area contributed by atoms with Gasteiger partial charge >= 0.3 is 0 Å². The van der Waals surface area contributed by atoms with Crippen molar-refractivity contribution >= 4 is 9.84 Å². The van der Waals surface area contributed by atoms with Gasteiger partial charge < -0.3 is 5.73 Å². The van der Waals surface area contributed by atoms with E-state index in [1.54, 1.807) is 0 Å². The van der Waals surface area contributed by atoms with E-state index in [9.17, 15) is 17.2 Å². The molecule has 2 N–H and O–H groups in total. The summed E-state index contributed by atoms with van der Waals surface area (Å²) in [6.45, 7) is 0. The van der Waals surface area contributed by atoms with Crippen LogP contribution in [0.25, 0.3) is 0 Å². The van der Waals surface area contributed by atoms with Gasteiger partial charge in [-0.2, -0.15) is 0 Å². The molecule has 0 amide bonds. The molecule has 0 aromatic carbocycles. The number of rotatable bonds is 4. The first-order valence-corrected chi connectivity index (χ1v) is 6.45. The van der Waals surface area contributed by atoms with Gasteiger partial charge in [0.25, 0.3) is 6.43 Å². The summed E-state index contributed by atoms with van der Waals surface area (Å²) in [7, 11) is -3.59. The Balaban J connectivity index is 2.43. The van der Waals surface area contributed by atoms with E-state index in [0.29, 0.717) is 6.42 Å². The second-order valence-electron chi connectivity index (χ2n) is 3.91. The molecule has 0 spiro atoms. The largest absolute Gasteiger partial charge is 0.328 e. The quantitative estimate of drug-likeness (QED) is 0.772. The molecule has 0 heterocycles. The molecule has 0 bridgehead atoms. The van der Waals surface area contributed by atoms with E-state index in [1.165, 1.54) is 0 Å². The Morgan fingerprint density at radius 2 is 2.00 bits per heavy atom. The first-order chi connectivity index (χ1) is 6.39. The minimum Gasteiger partial charge on any atom is -0.328 e. The van der Waals surface area contributed by atoms with Crippen LogP contribution >= 0.6 is 0 Å². The molecule has 1 fully saturated rings. The van der Waals surface area contributed by atoms with Gasteiger partial charge in [0.15, 0.2) is 9.84 Å². The molecule has 0 aromatic rings. The first-order valence-electron chi connectivity index (χ1n) is 4.63. The normalized spacial score (nSPS) is 28.6. The van der Waals surface area contributed by atoms with Crippen LogP contribution in [-0.4, -0.2) is 32.4 Å². The maximum atomic E-state index is 11.9. The Morgan fingerprint density at radius 1 is 1.36 bits per heavy atom. The third-order valence-electron chi connectivity index (χ3n) is 2.45. The van der Waals surface area contributed by atoms with E-state index in [1.807, 2.05) is 0 Å². The van der Waals surface area contributed by atoms with Crippen LogP contribution in [0.2, 0.25) is 0 Å². The van der Waals surface area contributed by atoms with Gasteiger partial charge in [0.05, 0.1) is 5.75 Å². The Morgan fingerprint density at radius 3 is 2.43 bits per heavy atom. The van der Waals surface area contributed by atoms with Crippen LogP contribution < -0.4 is 5.73 Å². The summed E-state index contributed by atoms with van der Waals surface area (Å²) in [5, 5.41) is 0. The summed E-state index contributed by atoms with van der Waals surface area (Å²) in [6.07, 6.45) is -0.587. The highest BCUT2D eigenvalue weighted by atomic mass is 32.2. The summed E-state index contributed by atoms with van der Waals surface area (Å²) in [5.74, 6) is -1.17. The fourth-order valence-corrected chi connectivity index (χ4v) is 3.43. The van der Waals surface area contributed by atoms with Crippen molar-refractivity contribution in [3.63, 3.8) is 0 Å². The molecular weight excluding hydrogens is 212 g/mol. The molecule has 1 aliphatic carbocycles. The topological polar surface area (TPSA) is 60.2 Å². The summed E-state index contributed by atoms with van der Waals surface area (Å²) >= 11 is 0. The van der Waals surface area contributed by atoms with E-state index in [2.05, 4.69) is 0 Å². The fourth-order valence-electron chi connectivity index (χ4n) is 1.88. The molecule has 84 valence electrons. The zero-order valence-electron chi connectivity index (χ0n) is 7.83. The molecule has 0 radical (unpaired) electrons. The van der Waals surface area contributed by atoms with Crippen LogP contribution in [0.15, 0.2) is 0 Å². The van der Waals surface area contributed by atoms with E-state index in [4.69, 9.17) is 5.73 Å². The average molecular weight is 227 g/mol. The second-order valence-corrected chi connectivity index (χ2v) is 6.06. The van der Waals surface area contributed by atoms with Gasteiger partial charge in [0.1, 0.15) is 5.75 Å². The van der Waals surface area contributed by atoms with Crippen molar-refractivity contribution in [1.29, 1.82) is 0 Å². The fraction of sp³-hybridized carbons (Fsp3) is 1.00. The van der Waals surface area contributed by atoms with Crippen molar-refractivity contribution in [1.82, 2.24) is 0 Å². The summed E-state index contributed by atoms with van der Waals surface area (Å²) in [5.41, 5.74) is 5.60. The van der Waals surface area contributed by atoms with Gasteiger partial charge in [0, 0.05) is 6.04 Å². The summed E-state index contributed by atoms with van der Waals surface area (Å²) in [6, 6.07) is 0.0433. The van der Waals surface area contributed by atoms with Gasteiger partial charge in [-0.15, -0.1) is 0 Å². The lowest BCUT2D eigenvalue weighted by atomic mass is 10.1. The number of nitrogens with two attached hydrogens (primary N) is 1. The zero-order valence-corrected chi connectivity index (χ0v) is 8.64. The molecule has 2 atom stereocenters. The van der Waals surface area contributed by atoms with E-state index in [-0.39, 0.29) is 17.7 Å². The standard InChI is InChI=1S/C8H15F2NO2S/c9-8(10)5-14(12,13)4-6-1-2-7(11)3-6/h6-8H,1-5,11H2/t6-,7+/m0/s1. The smallest absolute Gasteiger partial charge is 0.252 e. The predicted octanol–water partition coefficient (Wildman–Crippen LogP) is 0.794. The van der Waals surface area contributed by atoms with E-state index in [0.717, 1.165) is 12.8 Å². The summed E-state index contributed by atoms with van der Waals surface area (Å²) in [4.78, 5) is 0. The molecule has 0 aromatic heterocycles. The van der Waals surface area contributed by atoms with E-state index < -0.39 is 22.0 Å². The lowest BCUT2D eigenvalue weighted by Gasteiger charge is -2.09. The van der Waals surface area contributed by atoms with E-state index >= 15 is 0 Å². The highest BCUT2D eigenvalue weighted by molar-refractivity contribution is 7.91. The molecule has 14 heavy (non-hydrogen) atoms. The molecule has 1 saturated carbocycles. The van der Waals surface area contributed by atoms with Crippen LogP contribution in [-0.2, 0) is 9.84 Å². The van der Waals surface area contributed by atoms with Gasteiger partial charge in [-0.1, -0.05) is 0 Å². The number of hydrogen-bond donors (Lipinski definition) is 1.